The van der Waals surface area contributed by atoms with Gasteiger partial charge in [-0.1, -0.05) is 18.2 Å². The van der Waals surface area contributed by atoms with Crippen LogP contribution < -0.4 is 11.3 Å². The quantitative estimate of drug-likeness (QED) is 0.578. The second-order valence-corrected chi connectivity index (χ2v) is 3.93. The molecular formula is C13H8N4O. The molecule has 2 aromatic heterocycles. The summed E-state index contributed by atoms with van der Waals surface area (Å²) in [5.41, 5.74) is 6.13. The van der Waals surface area contributed by atoms with E-state index in [0.717, 1.165) is 10.8 Å². The van der Waals surface area contributed by atoms with Crippen LogP contribution in [0.3, 0.4) is 0 Å². The molecule has 5 heteroatoms. The van der Waals surface area contributed by atoms with Crippen molar-refractivity contribution >= 4 is 27.6 Å². The summed E-state index contributed by atoms with van der Waals surface area (Å²) in [7, 11) is 0. The van der Waals surface area contributed by atoms with Gasteiger partial charge < -0.3 is 10.7 Å². The van der Waals surface area contributed by atoms with E-state index >= 15 is 0 Å². The Morgan fingerprint density at radius 2 is 1.94 bits per heavy atom. The number of rotatable bonds is 0. The van der Waals surface area contributed by atoms with E-state index in [-0.39, 0.29) is 11.4 Å². The fourth-order valence-corrected chi connectivity index (χ4v) is 2.01. The van der Waals surface area contributed by atoms with Crippen LogP contribution in [0, 0.1) is 11.3 Å². The predicted octanol–water partition coefficient (Wildman–Crippen LogP) is 1.53. The zero-order chi connectivity index (χ0) is 12.7. The van der Waals surface area contributed by atoms with E-state index in [1.54, 1.807) is 18.2 Å². The Labute approximate surface area is 101 Å². The van der Waals surface area contributed by atoms with Crippen molar-refractivity contribution in [3.05, 3.63) is 46.2 Å². The number of nitriles is 1. The second kappa shape index (κ2) is 3.57. The standard InChI is InChI=1S/C13H8N4O/c14-6-7-5-10-8-3-1-2-4-9(8)13(18)17-12(10)16-11(7)15/h1-5H,(H3,15,16,17,18). The summed E-state index contributed by atoms with van der Waals surface area (Å²) in [6, 6.07) is 10.8. The summed E-state index contributed by atoms with van der Waals surface area (Å²) < 4.78 is 0. The van der Waals surface area contributed by atoms with Gasteiger partial charge in [0.15, 0.2) is 0 Å². The first-order valence-corrected chi connectivity index (χ1v) is 5.32. The van der Waals surface area contributed by atoms with E-state index in [0.29, 0.717) is 16.6 Å². The van der Waals surface area contributed by atoms with Gasteiger partial charge in [-0.25, -0.2) is 4.98 Å². The Morgan fingerprint density at radius 1 is 1.22 bits per heavy atom. The third-order valence-corrected chi connectivity index (χ3v) is 2.87. The molecule has 0 unspecified atom stereocenters. The molecule has 3 N–H and O–H groups in total. The average molecular weight is 236 g/mol. The maximum atomic E-state index is 11.9. The molecule has 0 fully saturated rings. The molecule has 0 radical (unpaired) electrons. The highest BCUT2D eigenvalue weighted by molar-refractivity contribution is 6.04. The Kier molecular flexibility index (Phi) is 2.04. The summed E-state index contributed by atoms with van der Waals surface area (Å²) in [6.45, 7) is 0. The summed E-state index contributed by atoms with van der Waals surface area (Å²) in [4.78, 5) is 18.6. The number of nitrogen functional groups attached to an aromatic ring is 1. The molecule has 0 atom stereocenters. The molecule has 0 bridgehead atoms. The third-order valence-electron chi connectivity index (χ3n) is 2.87. The van der Waals surface area contributed by atoms with Gasteiger partial charge in [-0.05, 0) is 17.5 Å². The van der Waals surface area contributed by atoms with Crippen LogP contribution in [-0.2, 0) is 0 Å². The molecule has 0 aliphatic rings. The van der Waals surface area contributed by atoms with Crippen molar-refractivity contribution in [1.82, 2.24) is 9.97 Å². The van der Waals surface area contributed by atoms with Crippen LogP contribution in [0.25, 0.3) is 21.8 Å². The molecule has 0 saturated carbocycles. The minimum absolute atomic E-state index is 0.121. The topological polar surface area (TPSA) is 95.6 Å². The maximum Gasteiger partial charge on any atom is 0.257 e. The predicted molar refractivity (Wildman–Crippen MR) is 69.0 cm³/mol. The highest BCUT2D eigenvalue weighted by Gasteiger charge is 2.09. The van der Waals surface area contributed by atoms with Gasteiger partial charge in [0.25, 0.3) is 5.56 Å². The molecule has 3 rings (SSSR count). The number of aromatic amines is 1. The largest absolute Gasteiger partial charge is 0.383 e. The van der Waals surface area contributed by atoms with Gasteiger partial charge in [-0.3, -0.25) is 4.79 Å². The average Bonchev–Trinajstić information content (AvgIpc) is 2.38. The Hall–Kier alpha value is -2.87. The van der Waals surface area contributed by atoms with Crippen molar-refractivity contribution in [1.29, 1.82) is 5.26 Å². The van der Waals surface area contributed by atoms with Gasteiger partial charge in [0, 0.05) is 10.8 Å². The highest BCUT2D eigenvalue weighted by Crippen LogP contribution is 2.22. The van der Waals surface area contributed by atoms with Crippen molar-refractivity contribution < 1.29 is 0 Å². The van der Waals surface area contributed by atoms with Crippen molar-refractivity contribution in [3.63, 3.8) is 0 Å². The number of benzene rings is 1. The lowest BCUT2D eigenvalue weighted by Gasteiger charge is -2.04. The van der Waals surface area contributed by atoms with Crippen LogP contribution in [0.1, 0.15) is 5.56 Å². The monoisotopic (exact) mass is 236 g/mol. The second-order valence-electron chi connectivity index (χ2n) is 3.93. The first kappa shape index (κ1) is 10.3. The Morgan fingerprint density at radius 3 is 2.67 bits per heavy atom. The number of hydrogen-bond acceptors (Lipinski definition) is 4. The molecule has 1 aromatic carbocycles. The SMILES string of the molecule is N#Cc1cc2c(nc1N)[nH]c(=O)c1ccccc12. The first-order chi connectivity index (χ1) is 8.70. The number of fused-ring (bicyclic) bond motifs is 3. The fourth-order valence-electron chi connectivity index (χ4n) is 2.01. The number of pyridine rings is 2. The number of nitrogens with one attached hydrogen (secondary N) is 1. The van der Waals surface area contributed by atoms with E-state index in [1.165, 1.54) is 0 Å². The zero-order valence-electron chi connectivity index (χ0n) is 9.27. The summed E-state index contributed by atoms with van der Waals surface area (Å²) >= 11 is 0. The molecule has 5 nitrogen and oxygen atoms in total. The lowest BCUT2D eigenvalue weighted by atomic mass is 10.1. The fraction of sp³-hybridized carbons (Fsp3) is 0. The molecular weight excluding hydrogens is 228 g/mol. The first-order valence-electron chi connectivity index (χ1n) is 5.32. The van der Waals surface area contributed by atoms with Gasteiger partial charge in [0.1, 0.15) is 17.5 Å². The van der Waals surface area contributed by atoms with E-state index < -0.39 is 0 Å². The van der Waals surface area contributed by atoms with E-state index in [2.05, 4.69) is 9.97 Å². The lowest BCUT2D eigenvalue weighted by molar-refractivity contribution is 1.25. The smallest absolute Gasteiger partial charge is 0.257 e. The summed E-state index contributed by atoms with van der Waals surface area (Å²) in [5.74, 6) is 0.121. The van der Waals surface area contributed by atoms with Gasteiger partial charge in [0.05, 0.1) is 5.56 Å². The molecule has 0 spiro atoms. The van der Waals surface area contributed by atoms with Gasteiger partial charge in [-0.15, -0.1) is 0 Å². The van der Waals surface area contributed by atoms with E-state index in [4.69, 9.17) is 11.0 Å². The number of H-pyrrole nitrogens is 1. The Bertz CT molecular complexity index is 874. The number of nitrogens with zero attached hydrogens (tertiary/aromatic N) is 2. The molecule has 0 aliphatic heterocycles. The van der Waals surface area contributed by atoms with Crippen LogP contribution in [-0.4, -0.2) is 9.97 Å². The van der Waals surface area contributed by atoms with Crippen LogP contribution >= 0.6 is 0 Å². The molecule has 0 amide bonds. The number of anilines is 1. The normalized spacial score (nSPS) is 10.6. The molecule has 3 aromatic rings. The third kappa shape index (κ3) is 1.33. The molecule has 86 valence electrons. The minimum atomic E-state index is -0.213. The van der Waals surface area contributed by atoms with Crippen molar-refractivity contribution in [3.8, 4) is 6.07 Å². The highest BCUT2D eigenvalue weighted by atomic mass is 16.1. The van der Waals surface area contributed by atoms with Crippen LogP contribution in [0.5, 0.6) is 0 Å². The Balaban J connectivity index is 2.62. The maximum absolute atomic E-state index is 11.9. The summed E-state index contributed by atoms with van der Waals surface area (Å²) in [6.07, 6.45) is 0. The van der Waals surface area contributed by atoms with Crippen LogP contribution in [0.4, 0.5) is 5.82 Å². The summed E-state index contributed by atoms with van der Waals surface area (Å²) in [5, 5.41) is 11.0. The molecule has 0 saturated heterocycles. The minimum Gasteiger partial charge on any atom is -0.383 e. The zero-order valence-corrected chi connectivity index (χ0v) is 9.27. The molecule has 0 aliphatic carbocycles. The molecule has 2 heterocycles. The van der Waals surface area contributed by atoms with Crippen LogP contribution in [0.2, 0.25) is 0 Å². The van der Waals surface area contributed by atoms with Crippen LogP contribution in [0.15, 0.2) is 35.1 Å². The van der Waals surface area contributed by atoms with Gasteiger partial charge >= 0.3 is 0 Å². The van der Waals surface area contributed by atoms with Crippen molar-refractivity contribution in [2.75, 3.05) is 5.73 Å². The van der Waals surface area contributed by atoms with Crippen molar-refractivity contribution in [2.45, 2.75) is 0 Å². The van der Waals surface area contributed by atoms with Crippen molar-refractivity contribution in [2.24, 2.45) is 0 Å². The number of aromatic nitrogens is 2. The lowest BCUT2D eigenvalue weighted by Crippen LogP contribution is -2.08. The van der Waals surface area contributed by atoms with E-state index in [1.807, 2.05) is 18.2 Å². The van der Waals surface area contributed by atoms with Gasteiger partial charge in [0.2, 0.25) is 0 Å². The number of hydrogen-bond donors (Lipinski definition) is 2. The molecule has 18 heavy (non-hydrogen) atoms. The van der Waals surface area contributed by atoms with Gasteiger partial charge in [-0.2, -0.15) is 5.26 Å². The number of nitrogens with two attached hydrogens (primary N) is 1. The van der Waals surface area contributed by atoms with E-state index in [9.17, 15) is 4.79 Å².